The molecule has 86 valence electrons. The lowest BCUT2D eigenvalue weighted by Crippen LogP contribution is -2.30. The predicted octanol–water partition coefficient (Wildman–Crippen LogP) is 1.84. The Morgan fingerprint density at radius 2 is 1.67 bits per heavy atom. The van der Waals surface area contributed by atoms with Gasteiger partial charge in [0, 0.05) is 12.0 Å². The van der Waals surface area contributed by atoms with Crippen LogP contribution in [0.15, 0.2) is 12.2 Å². The van der Waals surface area contributed by atoms with Crippen LogP contribution in [0.4, 0.5) is 0 Å². The zero-order valence-electron chi connectivity index (χ0n) is 9.70. The van der Waals surface area contributed by atoms with Gasteiger partial charge in [-0.25, -0.2) is 4.79 Å². The van der Waals surface area contributed by atoms with E-state index in [0.29, 0.717) is 12.0 Å². The first kappa shape index (κ1) is 13.7. The van der Waals surface area contributed by atoms with E-state index in [4.69, 9.17) is 9.47 Å². The fourth-order valence-corrected chi connectivity index (χ4v) is 0.752. The molecule has 4 heteroatoms. The topological polar surface area (TPSA) is 52.6 Å². The summed E-state index contributed by atoms with van der Waals surface area (Å²) in [5, 5.41) is 0. The number of esters is 2. The number of rotatable bonds is 5. The van der Waals surface area contributed by atoms with Crippen molar-refractivity contribution in [1.82, 2.24) is 0 Å². The number of ether oxygens (including phenoxy) is 2. The summed E-state index contributed by atoms with van der Waals surface area (Å²) >= 11 is 0. The molecule has 0 rings (SSSR count). The highest BCUT2D eigenvalue weighted by atomic mass is 16.6. The molecule has 4 nitrogen and oxygen atoms in total. The molecule has 0 aliphatic rings. The monoisotopic (exact) mass is 214 g/mol. The Morgan fingerprint density at radius 1 is 1.20 bits per heavy atom. The van der Waals surface area contributed by atoms with E-state index in [1.807, 2.05) is 0 Å². The number of hydrogen-bond donors (Lipinski definition) is 0. The Balaban J connectivity index is 4.09. The van der Waals surface area contributed by atoms with Gasteiger partial charge in [0.15, 0.2) is 0 Å². The van der Waals surface area contributed by atoms with E-state index in [-0.39, 0.29) is 5.97 Å². The van der Waals surface area contributed by atoms with E-state index in [1.54, 1.807) is 27.7 Å². The number of carbonyl (C=O) groups excluding carboxylic acids is 2. The van der Waals surface area contributed by atoms with Gasteiger partial charge in [-0.2, -0.15) is 0 Å². The average molecular weight is 214 g/mol. The average Bonchev–Trinajstić information content (AvgIpc) is 2.16. The molecule has 0 spiro atoms. The summed E-state index contributed by atoms with van der Waals surface area (Å²) in [6, 6.07) is 0. The molecule has 0 fully saturated rings. The molecule has 0 radical (unpaired) electrons. The molecule has 0 saturated heterocycles. The van der Waals surface area contributed by atoms with Crippen LogP contribution in [0.25, 0.3) is 0 Å². The van der Waals surface area contributed by atoms with Crippen molar-refractivity contribution in [3.63, 3.8) is 0 Å². The lowest BCUT2D eigenvalue weighted by atomic mass is 10.2. The summed E-state index contributed by atoms with van der Waals surface area (Å²) in [6.45, 7) is 10.1. The lowest BCUT2D eigenvalue weighted by molar-refractivity contribution is -0.162. The van der Waals surface area contributed by atoms with Crippen LogP contribution >= 0.6 is 0 Å². The first-order valence-corrected chi connectivity index (χ1v) is 4.94. The van der Waals surface area contributed by atoms with Crippen LogP contribution in [0.1, 0.15) is 34.1 Å². The van der Waals surface area contributed by atoms with Gasteiger partial charge in [0.05, 0.1) is 0 Å². The van der Waals surface area contributed by atoms with Crippen molar-refractivity contribution in [2.45, 2.75) is 46.3 Å². The van der Waals surface area contributed by atoms with Crippen molar-refractivity contribution >= 4 is 11.9 Å². The van der Waals surface area contributed by atoms with Crippen molar-refractivity contribution in [2.75, 3.05) is 0 Å². The molecular formula is C11H18O4. The number of carbonyl (C=O) groups is 2. The van der Waals surface area contributed by atoms with Crippen LogP contribution in [-0.2, 0) is 19.1 Å². The summed E-state index contributed by atoms with van der Waals surface area (Å²) < 4.78 is 10.00. The van der Waals surface area contributed by atoms with Crippen molar-refractivity contribution in [3.8, 4) is 0 Å². The standard InChI is InChI=1S/C11H18O4/c1-6-10(12)14-8(4)9(5)15-11(13)7(2)3/h8-9H,2,6H2,1,3-5H3. The van der Waals surface area contributed by atoms with Gasteiger partial charge in [-0.1, -0.05) is 13.5 Å². The highest BCUT2D eigenvalue weighted by Crippen LogP contribution is 2.07. The van der Waals surface area contributed by atoms with Gasteiger partial charge in [-0.3, -0.25) is 4.79 Å². The third-order valence-corrected chi connectivity index (χ3v) is 1.91. The lowest BCUT2D eigenvalue weighted by Gasteiger charge is -2.20. The number of hydrogen-bond acceptors (Lipinski definition) is 4. The van der Waals surface area contributed by atoms with Gasteiger partial charge in [0.1, 0.15) is 12.2 Å². The normalized spacial score (nSPS) is 13.9. The van der Waals surface area contributed by atoms with Crippen LogP contribution in [0, 0.1) is 0 Å². The Morgan fingerprint density at radius 3 is 2.07 bits per heavy atom. The van der Waals surface area contributed by atoms with Crippen LogP contribution in [0.2, 0.25) is 0 Å². The van der Waals surface area contributed by atoms with Gasteiger partial charge < -0.3 is 9.47 Å². The van der Waals surface area contributed by atoms with Crippen molar-refractivity contribution in [1.29, 1.82) is 0 Å². The molecule has 0 N–H and O–H groups in total. The second-order valence-electron chi connectivity index (χ2n) is 3.44. The first-order valence-electron chi connectivity index (χ1n) is 4.94. The van der Waals surface area contributed by atoms with Crippen molar-refractivity contribution in [2.24, 2.45) is 0 Å². The SMILES string of the molecule is C=C(C)C(=O)OC(C)C(C)OC(=O)CC. The maximum Gasteiger partial charge on any atom is 0.333 e. The summed E-state index contributed by atoms with van der Waals surface area (Å²) in [5.74, 6) is -0.775. The Labute approximate surface area is 90.2 Å². The third kappa shape index (κ3) is 5.20. The van der Waals surface area contributed by atoms with Crippen LogP contribution in [0.5, 0.6) is 0 Å². The molecule has 2 unspecified atom stereocenters. The Bertz CT molecular complexity index is 257. The molecule has 0 aromatic rings. The fourth-order valence-electron chi connectivity index (χ4n) is 0.752. The maximum atomic E-state index is 11.2. The molecule has 0 amide bonds. The highest BCUT2D eigenvalue weighted by Gasteiger charge is 2.19. The van der Waals surface area contributed by atoms with Crippen LogP contribution in [0.3, 0.4) is 0 Å². The Hall–Kier alpha value is -1.32. The predicted molar refractivity (Wildman–Crippen MR) is 56.2 cm³/mol. The van der Waals surface area contributed by atoms with E-state index in [0.717, 1.165) is 0 Å². The molecule has 0 bridgehead atoms. The molecule has 0 aromatic carbocycles. The Kier molecular flexibility index (Phi) is 5.67. The van der Waals surface area contributed by atoms with Crippen molar-refractivity contribution < 1.29 is 19.1 Å². The van der Waals surface area contributed by atoms with E-state index in [9.17, 15) is 9.59 Å². The third-order valence-electron chi connectivity index (χ3n) is 1.91. The van der Waals surface area contributed by atoms with Crippen molar-refractivity contribution in [3.05, 3.63) is 12.2 Å². The van der Waals surface area contributed by atoms with E-state index in [1.165, 1.54) is 0 Å². The molecule has 0 aliphatic heterocycles. The molecule has 0 saturated carbocycles. The minimum atomic E-state index is -0.470. The molecule has 0 aromatic heterocycles. The molecule has 0 heterocycles. The molecule has 15 heavy (non-hydrogen) atoms. The minimum absolute atomic E-state index is 0.305. The van der Waals surface area contributed by atoms with Crippen LogP contribution in [-0.4, -0.2) is 24.1 Å². The zero-order chi connectivity index (χ0) is 12.0. The molecular weight excluding hydrogens is 196 g/mol. The van der Waals surface area contributed by atoms with Gasteiger partial charge in [0.25, 0.3) is 0 Å². The quantitative estimate of drug-likeness (QED) is 0.517. The highest BCUT2D eigenvalue weighted by molar-refractivity contribution is 5.87. The summed E-state index contributed by atoms with van der Waals surface area (Å²) in [5.41, 5.74) is 0.330. The van der Waals surface area contributed by atoms with Crippen LogP contribution < -0.4 is 0 Å². The summed E-state index contributed by atoms with van der Waals surface area (Å²) in [4.78, 5) is 22.1. The summed E-state index contributed by atoms with van der Waals surface area (Å²) in [6.07, 6.45) is -0.601. The second-order valence-corrected chi connectivity index (χ2v) is 3.44. The maximum absolute atomic E-state index is 11.2. The molecule has 2 atom stereocenters. The minimum Gasteiger partial charge on any atom is -0.459 e. The van der Waals surface area contributed by atoms with Gasteiger partial charge in [0.2, 0.25) is 0 Å². The fraction of sp³-hybridized carbons (Fsp3) is 0.636. The zero-order valence-corrected chi connectivity index (χ0v) is 9.70. The smallest absolute Gasteiger partial charge is 0.333 e. The van der Waals surface area contributed by atoms with Gasteiger partial charge >= 0.3 is 11.9 Å². The van der Waals surface area contributed by atoms with Gasteiger partial charge in [-0.05, 0) is 20.8 Å². The van der Waals surface area contributed by atoms with E-state index in [2.05, 4.69) is 6.58 Å². The largest absolute Gasteiger partial charge is 0.459 e. The first-order chi connectivity index (χ1) is 6.88. The van der Waals surface area contributed by atoms with Gasteiger partial charge in [-0.15, -0.1) is 0 Å². The second kappa shape index (κ2) is 6.22. The van der Waals surface area contributed by atoms with E-state index >= 15 is 0 Å². The van der Waals surface area contributed by atoms with E-state index < -0.39 is 18.2 Å². The summed E-state index contributed by atoms with van der Waals surface area (Å²) in [7, 11) is 0. The molecule has 0 aliphatic carbocycles.